The molecule has 1 aromatic rings. The number of carbonyl (C=O) groups excluding carboxylic acids is 3. The number of benzene rings is 1. The Morgan fingerprint density at radius 1 is 0.950 bits per heavy atom. The lowest BCUT2D eigenvalue weighted by Crippen LogP contribution is -2.46. The van der Waals surface area contributed by atoms with Gasteiger partial charge in [-0.3, -0.25) is 15.4 Å². The van der Waals surface area contributed by atoms with Crippen LogP contribution in [0.1, 0.15) is 26.7 Å². The molecule has 1 rings (SSSR count). The van der Waals surface area contributed by atoms with Crippen LogP contribution in [0.5, 0.6) is 0 Å². The SMILES string of the molecule is CCC(CC)C(=O)NC(=O)NC(=O)Nc1ccccc1. The molecule has 5 amide bonds. The normalized spacial score (nSPS) is 9.95. The zero-order valence-electron chi connectivity index (χ0n) is 11.6. The zero-order valence-corrected chi connectivity index (χ0v) is 11.6. The molecule has 108 valence electrons. The molecule has 20 heavy (non-hydrogen) atoms. The van der Waals surface area contributed by atoms with Gasteiger partial charge in [0, 0.05) is 11.6 Å². The number of carbonyl (C=O) groups is 3. The highest BCUT2D eigenvalue weighted by molar-refractivity contribution is 6.05. The summed E-state index contributed by atoms with van der Waals surface area (Å²) >= 11 is 0. The maximum atomic E-state index is 11.7. The van der Waals surface area contributed by atoms with Crippen LogP contribution in [0.3, 0.4) is 0 Å². The molecule has 0 saturated carbocycles. The van der Waals surface area contributed by atoms with E-state index in [-0.39, 0.29) is 11.8 Å². The number of urea groups is 2. The van der Waals surface area contributed by atoms with E-state index in [9.17, 15) is 14.4 Å². The molecule has 0 saturated heterocycles. The first-order valence-corrected chi connectivity index (χ1v) is 6.54. The summed E-state index contributed by atoms with van der Waals surface area (Å²) < 4.78 is 0. The molecule has 0 aliphatic rings. The van der Waals surface area contributed by atoms with Crippen molar-refractivity contribution >= 4 is 23.7 Å². The number of imide groups is 2. The number of rotatable bonds is 4. The second-order valence-corrected chi connectivity index (χ2v) is 4.28. The molecule has 6 nitrogen and oxygen atoms in total. The van der Waals surface area contributed by atoms with Gasteiger partial charge in [0.15, 0.2) is 0 Å². The van der Waals surface area contributed by atoms with Gasteiger partial charge in [0.25, 0.3) is 0 Å². The van der Waals surface area contributed by atoms with Gasteiger partial charge in [-0.15, -0.1) is 0 Å². The highest BCUT2D eigenvalue weighted by Crippen LogP contribution is 2.07. The van der Waals surface area contributed by atoms with E-state index in [1.165, 1.54) is 0 Å². The van der Waals surface area contributed by atoms with Crippen LogP contribution in [0.25, 0.3) is 0 Å². The van der Waals surface area contributed by atoms with Crippen molar-refractivity contribution in [1.29, 1.82) is 0 Å². The zero-order chi connectivity index (χ0) is 15.0. The second-order valence-electron chi connectivity index (χ2n) is 4.28. The third-order valence-electron chi connectivity index (χ3n) is 2.85. The first-order valence-electron chi connectivity index (χ1n) is 6.54. The molecule has 0 bridgehead atoms. The summed E-state index contributed by atoms with van der Waals surface area (Å²) in [4.78, 5) is 34.7. The Hall–Kier alpha value is -2.37. The van der Waals surface area contributed by atoms with Crippen LogP contribution in [0.15, 0.2) is 30.3 Å². The summed E-state index contributed by atoms with van der Waals surface area (Å²) in [6.45, 7) is 3.74. The summed E-state index contributed by atoms with van der Waals surface area (Å²) in [5, 5.41) is 6.67. The standard InChI is InChI=1S/C14H19N3O3/c1-3-10(4-2)12(18)16-14(20)17-13(19)15-11-8-6-5-7-9-11/h5-10H,3-4H2,1-2H3,(H3,15,16,17,18,19,20). The van der Waals surface area contributed by atoms with Crippen molar-refractivity contribution in [3.63, 3.8) is 0 Å². The smallest absolute Gasteiger partial charge is 0.308 e. The topological polar surface area (TPSA) is 87.3 Å². The van der Waals surface area contributed by atoms with Crippen molar-refractivity contribution in [2.24, 2.45) is 5.92 Å². The predicted molar refractivity (Wildman–Crippen MR) is 76.2 cm³/mol. The third-order valence-corrected chi connectivity index (χ3v) is 2.85. The minimum Gasteiger partial charge on any atom is -0.308 e. The molecule has 0 aromatic heterocycles. The van der Waals surface area contributed by atoms with Gasteiger partial charge in [-0.2, -0.15) is 0 Å². The number of hydrogen-bond acceptors (Lipinski definition) is 3. The van der Waals surface area contributed by atoms with Gasteiger partial charge in [-0.05, 0) is 25.0 Å². The Kier molecular flexibility index (Phi) is 6.22. The Balaban J connectivity index is 2.42. The molecule has 0 fully saturated rings. The van der Waals surface area contributed by atoms with Crippen molar-refractivity contribution in [2.75, 3.05) is 5.32 Å². The molecule has 0 heterocycles. The molecule has 1 aromatic carbocycles. The van der Waals surface area contributed by atoms with Gasteiger partial charge in [0.2, 0.25) is 5.91 Å². The van der Waals surface area contributed by atoms with Crippen molar-refractivity contribution in [3.8, 4) is 0 Å². The monoisotopic (exact) mass is 277 g/mol. The molecule has 3 N–H and O–H groups in total. The average Bonchev–Trinajstić information content (AvgIpc) is 2.40. The van der Waals surface area contributed by atoms with Crippen molar-refractivity contribution < 1.29 is 14.4 Å². The van der Waals surface area contributed by atoms with E-state index in [2.05, 4.69) is 10.6 Å². The van der Waals surface area contributed by atoms with Crippen molar-refractivity contribution in [2.45, 2.75) is 26.7 Å². The van der Waals surface area contributed by atoms with E-state index in [1.54, 1.807) is 24.3 Å². The minimum atomic E-state index is -0.824. The fraction of sp³-hybridized carbons (Fsp3) is 0.357. The maximum absolute atomic E-state index is 11.7. The highest BCUT2D eigenvalue weighted by atomic mass is 16.2. The van der Waals surface area contributed by atoms with Crippen LogP contribution in [0.4, 0.5) is 15.3 Å². The molecule has 0 aliphatic heterocycles. The van der Waals surface area contributed by atoms with Gasteiger partial charge in [-0.1, -0.05) is 32.0 Å². The Morgan fingerprint density at radius 3 is 2.10 bits per heavy atom. The number of hydrogen-bond donors (Lipinski definition) is 3. The molecule has 0 radical (unpaired) electrons. The van der Waals surface area contributed by atoms with E-state index in [0.717, 1.165) is 0 Å². The Bertz CT molecular complexity index is 470. The van der Waals surface area contributed by atoms with Gasteiger partial charge in [-0.25, -0.2) is 9.59 Å². The lowest BCUT2D eigenvalue weighted by molar-refractivity contribution is -0.124. The van der Waals surface area contributed by atoms with E-state index >= 15 is 0 Å². The first kappa shape index (κ1) is 15.7. The number of nitrogens with one attached hydrogen (secondary N) is 3. The molecule has 6 heteroatoms. The molecule has 0 spiro atoms. The molecular weight excluding hydrogens is 258 g/mol. The highest BCUT2D eigenvalue weighted by Gasteiger charge is 2.17. The minimum absolute atomic E-state index is 0.224. The molecular formula is C14H19N3O3. The van der Waals surface area contributed by atoms with E-state index in [1.807, 2.05) is 25.2 Å². The molecule has 0 unspecified atom stereocenters. The number of para-hydroxylation sites is 1. The fourth-order valence-electron chi connectivity index (χ4n) is 1.69. The maximum Gasteiger partial charge on any atom is 0.329 e. The number of amides is 5. The Labute approximate surface area is 117 Å². The van der Waals surface area contributed by atoms with Crippen LogP contribution in [-0.4, -0.2) is 18.0 Å². The number of anilines is 1. The van der Waals surface area contributed by atoms with Crippen LogP contribution in [0.2, 0.25) is 0 Å². The molecule has 0 aliphatic carbocycles. The summed E-state index contributed by atoms with van der Waals surface area (Å²) in [5.41, 5.74) is 0.559. The predicted octanol–water partition coefficient (Wildman–Crippen LogP) is 2.48. The summed E-state index contributed by atoms with van der Waals surface area (Å²) in [7, 11) is 0. The molecule has 0 atom stereocenters. The largest absolute Gasteiger partial charge is 0.329 e. The first-order chi connectivity index (χ1) is 9.56. The lowest BCUT2D eigenvalue weighted by Gasteiger charge is -2.12. The summed E-state index contributed by atoms with van der Waals surface area (Å²) in [6.07, 6.45) is 1.29. The van der Waals surface area contributed by atoms with Crippen LogP contribution in [0, 0.1) is 5.92 Å². The van der Waals surface area contributed by atoms with Gasteiger partial charge in [0.1, 0.15) is 0 Å². The van der Waals surface area contributed by atoms with E-state index in [0.29, 0.717) is 18.5 Å². The lowest BCUT2D eigenvalue weighted by atomic mass is 10.0. The van der Waals surface area contributed by atoms with E-state index in [4.69, 9.17) is 0 Å². The Morgan fingerprint density at radius 2 is 1.55 bits per heavy atom. The van der Waals surface area contributed by atoms with Crippen molar-refractivity contribution in [1.82, 2.24) is 10.6 Å². The van der Waals surface area contributed by atoms with Crippen LogP contribution >= 0.6 is 0 Å². The summed E-state index contributed by atoms with van der Waals surface area (Å²) in [5.74, 6) is -0.599. The van der Waals surface area contributed by atoms with Gasteiger partial charge >= 0.3 is 12.1 Å². The van der Waals surface area contributed by atoms with Gasteiger partial charge < -0.3 is 5.32 Å². The fourth-order valence-corrected chi connectivity index (χ4v) is 1.69. The van der Waals surface area contributed by atoms with Crippen LogP contribution in [-0.2, 0) is 4.79 Å². The quantitative estimate of drug-likeness (QED) is 0.790. The van der Waals surface area contributed by atoms with E-state index < -0.39 is 12.1 Å². The van der Waals surface area contributed by atoms with Crippen molar-refractivity contribution in [3.05, 3.63) is 30.3 Å². The van der Waals surface area contributed by atoms with Crippen LogP contribution < -0.4 is 16.0 Å². The third kappa shape index (κ3) is 5.09. The van der Waals surface area contributed by atoms with Gasteiger partial charge in [0.05, 0.1) is 0 Å². The second kappa shape index (κ2) is 7.93. The average molecular weight is 277 g/mol. The summed E-state index contributed by atoms with van der Waals surface area (Å²) in [6, 6.07) is 7.18.